The molecule has 4 nitrogen and oxygen atoms in total. The summed E-state index contributed by atoms with van der Waals surface area (Å²) >= 11 is 3.15. The van der Waals surface area contributed by atoms with Crippen LogP contribution in [0, 0.1) is 13.8 Å². The molecule has 0 atom stereocenters. The molecule has 6 heteroatoms. The quantitative estimate of drug-likeness (QED) is 0.882. The van der Waals surface area contributed by atoms with Crippen LogP contribution in [-0.2, 0) is 11.4 Å². The zero-order chi connectivity index (χ0) is 15.2. The molecule has 112 valence electrons. The first-order valence-electron chi connectivity index (χ1n) is 6.53. The first-order chi connectivity index (χ1) is 10.1. The largest absolute Gasteiger partial charge is 0.486 e. The van der Waals surface area contributed by atoms with Gasteiger partial charge in [-0.3, -0.25) is 4.79 Å². The zero-order valence-corrected chi connectivity index (χ0v) is 13.9. The molecule has 0 aliphatic rings. The molecule has 0 aliphatic carbocycles. The second-order valence-electron chi connectivity index (χ2n) is 4.54. The van der Waals surface area contributed by atoms with Gasteiger partial charge in [0.25, 0.3) is 0 Å². The van der Waals surface area contributed by atoms with Crippen molar-refractivity contribution in [1.82, 2.24) is 4.98 Å². The number of anilines is 1. The maximum atomic E-state index is 11.5. The van der Waals surface area contributed by atoms with E-state index in [2.05, 4.69) is 17.2 Å². The van der Waals surface area contributed by atoms with E-state index in [1.165, 1.54) is 16.6 Å². The second kappa shape index (κ2) is 7.47. The maximum Gasteiger partial charge on any atom is 0.234 e. The second-order valence-corrected chi connectivity index (χ2v) is 6.70. The summed E-state index contributed by atoms with van der Waals surface area (Å²) in [5.41, 5.74) is 1.84. The molecule has 1 aromatic heterocycles. The van der Waals surface area contributed by atoms with E-state index in [4.69, 9.17) is 4.74 Å². The molecule has 0 spiro atoms. The van der Waals surface area contributed by atoms with Crippen molar-refractivity contribution in [2.24, 2.45) is 0 Å². The number of ether oxygens (including phenoxy) is 1. The Kier molecular flexibility index (Phi) is 5.64. The van der Waals surface area contributed by atoms with E-state index in [1.807, 2.05) is 37.4 Å². The number of nitrogens with one attached hydrogen (secondary N) is 1. The van der Waals surface area contributed by atoms with Crippen molar-refractivity contribution in [1.29, 1.82) is 0 Å². The topological polar surface area (TPSA) is 51.2 Å². The highest BCUT2D eigenvalue weighted by molar-refractivity contribution is 7.99. The minimum absolute atomic E-state index is 0.00454. The van der Waals surface area contributed by atoms with Crippen molar-refractivity contribution >= 4 is 34.7 Å². The molecule has 0 saturated carbocycles. The van der Waals surface area contributed by atoms with Crippen LogP contribution in [0.1, 0.15) is 15.6 Å². The summed E-state index contributed by atoms with van der Waals surface area (Å²) in [4.78, 5) is 17.1. The molecule has 2 rings (SSSR count). The van der Waals surface area contributed by atoms with Crippen LogP contribution in [0.5, 0.6) is 5.75 Å². The number of hydrogen-bond acceptors (Lipinski definition) is 5. The van der Waals surface area contributed by atoms with E-state index in [0.717, 1.165) is 22.1 Å². The fraction of sp³-hybridized carbons (Fsp3) is 0.333. The molecule has 1 heterocycles. The van der Waals surface area contributed by atoms with E-state index in [1.54, 1.807) is 11.3 Å². The number of benzene rings is 1. The predicted octanol–water partition coefficient (Wildman–Crippen LogP) is 3.64. The fourth-order valence-electron chi connectivity index (χ4n) is 1.71. The van der Waals surface area contributed by atoms with Gasteiger partial charge < -0.3 is 10.1 Å². The van der Waals surface area contributed by atoms with E-state index in [9.17, 15) is 4.79 Å². The van der Waals surface area contributed by atoms with Crippen molar-refractivity contribution in [3.63, 3.8) is 0 Å². The molecule has 0 saturated heterocycles. The Morgan fingerprint density at radius 1 is 1.33 bits per heavy atom. The zero-order valence-electron chi connectivity index (χ0n) is 12.3. The van der Waals surface area contributed by atoms with Crippen LogP contribution in [0.2, 0.25) is 0 Å². The highest BCUT2D eigenvalue weighted by Gasteiger charge is 2.05. The molecule has 0 unspecified atom stereocenters. The van der Waals surface area contributed by atoms with Crippen LogP contribution < -0.4 is 10.1 Å². The molecule has 21 heavy (non-hydrogen) atoms. The summed E-state index contributed by atoms with van der Waals surface area (Å²) in [7, 11) is 0. The fourth-order valence-corrected chi connectivity index (χ4v) is 2.89. The highest BCUT2D eigenvalue weighted by Crippen LogP contribution is 2.20. The summed E-state index contributed by atoms with van der Waals surface area (Å²) in [5, 5.41) is 3.80. The number of rotatable bonds is 6. The monoisotopic (exact) mass is 322 g/mol. The van der Waals surface area contributed by atoms with Gasteiger partial charge in [-0.05, 0) is 44.4 Å². The van der Waals surface area contributed by atoms with Crippen LogP contribution >= 0.6 is 23.1 Å². The van der Waals surface area contributed by atoms with Gasteiger partial charge in [0, 0.05) is 10.6 Å². The molecule has 1 N–H and O–H groups in total. The first kappa shape index (κ1) is 15.9. The number of thioether (sulfide) groups is 1. The normalized spacial score (nSPS) is 10.4. The highest BCUT2D eigenvalue weighted by atomic mass is 32.2. The van der Waals surface area contributed by atoms with E-state index in [-0.39, 0.29) is 5.91 Å². The average Bonchev–Trinajstić information content (AvgIpc) is 2.77. The molecule has 1 aromatic carbocycles. The van der Waals surface area contributed by atoms with Crippen molar-refractivity contribution in [2.75, 3.05) is 17.3 Å². The van der Waals surface area contributed by atoms with Crippen molar-refractivity contribution < 1.29 is 9.53 Å². The Hall–Kier alpha value is -1.53. The molecule has 0 fully saturated rings. The van der Waals surface area contributed by atoms with E-state index in [0.29, 0.717) is 12.4 Å². The summed E-state index contributed by atoms with van der Waals surface area (Å²) in [6.07, 6.45) is 1.90. The summed E-state index contributed by atoms with van der Waals surface area (Å²) in [6.45, 7) is 4.53. The van der Waals surface area contributed by atoms with Crippen LogP contribution in [-0.4, -0.2) is 22.9 Å². The van der Waals surface area contributed by atoms with E-state index < -0.39 is 0 Å². The number of aromatic nitrogens is 1. The lowest BCUT2D eigenvalue weighted by Gasteiger charge is -2.07. The number of nitrogens with zero attached hydrogens (tertiary/aromatic N) is 1. The predicted molar refractivity (Wildman–Crippen MR) is 89.4 cm³/mol. The Morgan fingerprint density at radius 2 is 2.05 bits per heavy atom. The van der Waals surface area contributed by atoms with Crippen LogP contribution in [0.3, 0.4) is 0 Å². The third kappa shape index (κ3) is 4.75. The number of carbonyl (C=O) groups is 1. The SMILES string of the molecule is CSCC(=O)Nc1ccc(OCc2nc(C)c(C)s2)cc1. The smallest absolute Gasteiger partial charge is 0.234 e. The summed E-state index contributed by atoms with van der Waals surface area (Å²) in [6, 6.07) is 7.38. The molecule has 2 aromatic rings. The standard InChI is InChI=1S/C15H18N2O2S2/c1-10-11(2)21-15(16-10)8-19-13-6-4-12(5-7-13)17-14(18)9-20-3/h4-7H,8-9H2,1-3H3,(H,17,18). The molecule has 0 aliphatic heterocycles. The van der Waals surface area contributed by atoms with E-state index >= 15 is 0 Å². The number of carbonyl (C=O) groups excluding carboxylic acids is 1. The maximum absolute atomic E-state index is 11.5. The van der Waals surface area contributed by atoms with Crippen molar-refractivity contribution in [3.8, 4) is 5.75 Å². The molecule has 0 bridgehead atoms. The molecular weight excluding hydrogens is 304 g/mol. The summed E-state index contributed by atoms with van der Waals surface area (Å²) < 4.78 is 5.70. The minimum atomic E-state index is 0.00454. The van der Waals surface area contributed by atoms with Crippen molar-refractivity contribution in [2.45, 2.75) is 20.5 Å². The summed E-state index contributed by atoms with van der Waals surface area (Å²) in [5.74, 6) is 1.23. The lowest BCUT2D eigenvalue weighted by Crippen LogP contribution is -2.13. The molecule has 1 amide bonds. The molecular formula is C15H18N2O2S2. The van der Waals surface area contributed by atoms with Gasteiger partial charge in [-0.2, -0.15) is 11.8 Å². The Labute approximate surface area is 132 Å². The molecule has 0 radical (unpaired) electrons. The Bertz CT molecular complexity index is 589. The van der Waals surface area contributed by atoms with Gasteiger partial charge in [-0.25, -0.2) is 4.98 Å². The number of thiazole rings is 1. The van der Waals surface area contributed by atoms with Crippen LogP contribution in [0.25, 0.3) is 0 Å². The number of aryl methyl sites for hydroxylation is 2. The lowest BCUT2D eigenvalue weighted by atomic mass is 10.3. The van der Waals surface area contributed by atoms with Gasteiger partial charge in [-0.15, -0.1) is 11.3 Å². The van der Waals surface area contributed by atoms with Gasteiger partial charge in [0.1, 0.15) is 17.4 Å². The van der Waals surface area contributed by atoms with Crippen LogP contribution in [0.4, 0.5) is 5.69 Å². The third-order valence-electron chi connectivity index (χ3n) is 2.85. The number of amides is 1. The van der Waals surface area contributed by atoms with Crippen LogP contribution in [0.15, 0.2) is 24.3 Å². The first-order valence-corrected chi connectivity index (χ1v) is 8.74. The van der Waals surface area contributed by atoms with Gasteiger partial charge in [0.15, 0.2) is 0 Å². The third-order valence-corrected chi connectivity index (χ3v) is 4.45. The lowest BCUT2D eigenvalue weighted by molar-refractivity contribution is -0.113. The van der Waals surface area contributed by atoms with Gasteiger partial charge in [-0.1, -0.05) is 0 Å². The van der Waals surface area contributed by atoms with Gasteiger partial charge in [0.2, 0.25) is 5.91 Å². The minimum Gasteiger partial charge on any atom is -0.486 e. The van der Waals surface area contributed by atoms with Gasteiger partial charge >= 0.3 is 0 Å². The Balaban J connectivity index is 1.88. The van der Waals surface area contributed by atoms with Gasteiger partial charge in [0.05, 0.1) is 11.4 Å². The number of hydrogen-bond donors (Lipinski definition) is 1. The average molecular weight is 322 g/mol. The van der Waals surface area contributed by atoms with Crippen molar-refractivity contribution in [3.05, 3.63) is 39.8 Å². The Morgan fingerprint density at radius 3 is 2.62 bits per heavy atom.